The van der Waals surface area contributed by atoms with E-state index in [2.05, 4.69) is 19.9 Å². The topological polar surface area (TPSA) is 83.8 Å². The van der Waals surface area contributed by atoms with Crippen molar-refractivity contribution in [3.05, 3.63) is 11.6 Å². The van der Waals surface area contributed by atoms with Crippen LogP contribution in [0.3, 0.4) is 0 Å². The molecule has 156 valence electrons. The van der Waals surface area contributed by atoms with Crippen LogP contribution in [0, 0.1) is 28.6 Å². The van der Waals surface area contributed by atoms with Gasteiger partial charge in [0.25, 0.3) is 0 Å². The quantitative estimate of drug-likeness (QED) is 0.571. The smallest absolute Gasteiger partial charge is 0.303 e. The van der Waals surface area contributed by atoms with Gasteiger partial charge in [-0.15, -0.1) is 0 Å². The second kappa shape index (κ2) is 6.66. The van der Waals surface area contributed by atoms with Crippen LogP contribution in [-0.4, -0.2) is 40.3 Å². The first-order valence-electron chi connectivity index (χ1n) is 10.9. The van der Waals surface area contributed by atoms with Gasteiger partial charge in [-0.25, -0.2) is 0 Å². The lowest BCUT2D eigenvalue weighted by atomic mass is 9.46. The maximum absolute atomic E-state index is 12.9. The summed E-state index contributed by atoms with van der Waals surface area (Å²) in [5.74, 6) is 0.504. The molecule has 4 aliphatic carbocycles. The molecule has 3 saturated carbocycles. The fraction of sp³-hybridized carbons (Fsp3) is 0.826. The molecular formula is C23H34O5. The lowest BCUT2D eigenvalue weighted by Gasteiger charge is -2.58. The molecule has 0 spiro atoms. The lowest BCUT2D eigenvalue weighted by Crippen LogP contribution is -2.58. The van der Waals surface area contributed by atoms with E-state index in [0.717, 1.165) is 44.9 Å². The van der Waals surface area contributed by atoms with Gasteiger partial charge < -0.3 is 14.9 Å². The van der Waals surface area contributed by atoms with Gasteiger partial charge in [-0.3, -0.25) is 9.59 Å². The molecule has 0 radical (unpaired) electrons. The SMILES string of the molecule is CC(=O)OCC(=O)[C@]1(O)CC[C@@H]2[C@H]3CC=C4C[C@H](O)CC[C@]4(C)[C@@H]3CC[C@@]21C. The first kappa shape index (κ1) is 20.1. The Kier molecular flexibility index (Phi) is 4.78. The average Bonchev–Trinajstić information content (AvgIpc) is 2.92. The minimum atomic E-state index is -1.40. The molecule has 5 heteroatoms. The zero-order valence-corrected chi connectivity index (χ0v) is 17.4. The Morgan fingerprint density at radius 2 is 1.86 bits per heavy atom. The summed E-state index contributed by atoms with van der Waals surface area (Å²) in [6, 6.07) is 0. The summed E-state index contributed by atoms with van der Waals surface area (Å²) in [4.78, 5) is 24.0. The average molecular weight is 391 g/mol. The van der Waals surface area contributed by atoms with Crippen LogP contribution >= 0.6 is 0 Å². The molecule has 0 aromatic heterocycles. The highest BCUT2D eigenvalue weighted by molar-refractivity contribution is 5.90. The summed E-state index contributed by atoms with van der Waals surface area (Å²) in [5.41, 5.74) is -0.283. The largest absolute Gasteiger partial charge is 0.458 e. The van der Waals surface area contributed by atoms with Gasteiger partial charge in [0.1, 0.15) is 5.60 Å². The van der Waals surface area contributed by atoms with Crippen LogP contribution in [0.5, 0.6) is 0 Å². The number of carbonyl (C=O) groups excluding carboxylic acids is 2. The molecule has 0 aromatic carbocycles. The van der Waals surface area contributed by atoms with E-state index in [1.54, 1.807) is 0 Å². The highest BCUT2D eigenvalue weighted by Crippen LogP contribution is 2.67. The maximum atomic E-state index is 12.9. The van der Waals surface area contributed by atoms with Crippen LogP contribution in [0.25, 0.3) is 0 Å². The fourth-order valence-electron chi connectivity index (χ4n) is 7.40. The zero-order chi connectivity index (χ0) is 20.3. The van der Waals surface area contributed by atoms with Gasteiger partial charge in [-0.2, -0.15) is 0 Å². The molecule has 0 saturated heterocycles. The summed E-state index contributed by atoms with van der Waals surface area (Å²) in [6.45, 7) is 5.41. The zero-order valence-electron chi connectivity index (χ0n) is 17.4. The van der Waals surface area contributed by atoms with Crippen molar-refractivity contribution in [1.29, 1.82) is 0 Å². The number of ketones is 1. The van der Waals surface area contributed by atoms with Gasteiger partial charge in [-0.1, -0.05) is 25.5 Å². The number of ether oxygens (including phenoxy) is 1. The minimum Gasteiger partial charge on any atom is -0.458 e. The van der Waals surface area contributed by atoms with E-state index < -0.39 is 17.0 Å². The van der Waals surface area contributed by atoms with Crippen LogP contribution in [0.4, 0.5) is 0 Å². The Labute approximate surface area is 167 Å². The molecule has 4 rings (SSSR count). The van der Waals surface area contributed by atoms with E-state index >= 15 is 0 Å². The number of rotatable bonds is 3. The molecule has 7 atom stereocenters. The van der Waals surface area contributed by atoms with Crippen molar-refractivity contribution >= 4 is 11.8 Å². The molecule has 0 aliphatic heterocycles. The lowest BCUT2D eigenvalue weighted by molar-refractivity contribution is -0.168. The summed E-state index contributed by atoms with van der Waals surface area (Å²) in [6.07, 6.45) is 8.96. The second-order valence-electron chi connectivity index (χ2n) is 10.2. The first-order chi connectivity index (χ1) is 13.1. The van der Waals surface area contributed by atoms with Crippen molar-refractivity contribution in [1.82, 2.24) is 0 Å². The Morgan fingerprint density at radius 1 is 1.14 bits per heavy atom. The van der Waals surface area contributed by atoms with Gasteiger partial charge in [0.15, 0.2) is 6.61 Å². The molecule has 0 bridgehead atoms. The van der Waals surface area contributed by atoms with Crippen molar-refractivity contribution in [2.45, 2.75) is 83.8 Å². The highest BCUT2D eigenvalue weighted by Gasteiger charge is 2.66. The van der Waals surface area contributed by atoms with Crippen molar-refractivity contribution in [3.63, 3.8) is 0 Å². The van der Waals surface area contributed by atoms with Crippen LogP contribution in [-0.2, 0) is 14.3 Å². The normalized spacial score (nSPS) is 47.4. The Bertz CT molecular complexity index is 714. The predicted molar refractivity (Wildman–Crippen MR) is 104 cm³/mol. The van der Waals surface area contributed by atoms with Crippen LogP contribution in [0.1, 0.15) is 72.1 Å². The van der Waals surface area contributed by atoms with E-state index in [1.807, 2.05) is 0 Å². The summed E-state index contributed by atoms with van der Waals surface area (Å²) < 4.78 is 4.93. The Balaban J connectivity index is 1.60. The second-order valence-corrected chi connectivity index (χ2v) is 10.2. The number of carbonyl (C=O) groups is 2. The number of aliphatic hydroxyl groups is 2. The van der Waals surface area contributed by atoms with Gasteiger partial charge in [0.05, 0.1) is 6.10 Å². The van der Waals surface area contributed by atoms with Crippen LogP contribution in [0.2, 0.25) is 0 Å². The molecular weight excluding hydrogens is 356 g/mol. The molecule has 5 nitrogen and oxygen atoms in total. The van der Waals surface area contributed by atoms with E-state index in [9.17, 15) is 19.8 Å². The third-order valence-corrected chi connectivity index (χ3v) is 9.10. The monoisotopic (exact) mass is 390 g/mol. The van der Waals surface area contributed by atoms with Gasteiger partial charge >= 0.3 is 5.97 Å². The Hall–Kier alpha value is -1.20. The molecule has 0 heterocycles. The molecule has 28 heavy (non-hydrogen) atoms. The molecule has 2 N–H and O–H groups in total. The molecule has 0 unspecified atom stereocenters. The summed E-state index contributed by atoms with van der Waals surface area (Å²) in [7, 11) is 0. The number of fused-ring (bicyclic) bond motifs is 5. The molecule has 0 aromatic rings. The van der Waals surface area contributed by atoms with Gasteiger partial charge in [-0.05, 0) is 74.5 Å². The van der Waals surface area contributed by atoms with Crippen molar-refractivity contribution in [2.75, 3.05) is 6.61 Å². The van der Waals surface area contributed by atoms with Crippen LogP contribution < -0.4 is 0 Å². The standard InChI is InChI=1S/C23H34O5/c1-14(24)28-13-20(26)23(27)11-8-19-17-5-4-15-12-16(25)6-9-21(15,2)18(17)7-10-22(19,23)3/h4,16-19,25,27H,5-13H2,1-3H3/t16-,17+,18-,19-,21+,22+,23-/m1/s1. The third kappa shape index (κ3) is 2.72. The predicted octanol–water partition coefficient (Wildman–Crippen LogP) is 3.17. The molecule has 0 amide bonds. The van der Waals surface area contributed by atoms with Crippen LogP contribution in [0.15, 0.2) is 11.6 Å². The van der Waals surface area contributed by atoms with Crippen molar-refractivity contribution < 1.29 is 24.5 Å². The number of Topliss-reactive ketones (excluding diaryl/α,β-unsaturated/α-hetero) is 1. The number of allylic oxidation sites excluding steroid dienone is 1. The maximum Gasteiger partial charge on any atom is 0.303 e. The first-order valence-corrected chi connectivity index (χ1v) is 10.9. The number of aliphatic hydroxyl groups excluding tert-OH is 1. The van der Waals surface area contributed by atoms with Gasteiger partial charge in [0.2, 0.25) is 5.78 Å². The van der Waals surface area contributed by atoms with Crippen molar-refractivity contribution in [2.24, 2.45) is 28.6 Å². The van der Waals surface area contributed by atoms with E-state index in [0.29, 0.717) is 24.2 Å². The highest BCUT2D eigenvalue weighted by atomic mass is 16.5. The van der Waals surface area contributed by atoms with Gasteiger partial charge in [0, 0.05) is 12.3 Å². The minimum absolute atomic E-state index is 0.145. The van der Waals surface area contributed by atoms with Crippen molar-refractivity contribution in [3.8, 4) is 0 Å². The number of hydrogen-bond acceptors (Lipinski definition) is 5. The summed E-state index contributed by atoms with van der Waals surface area (Å²) >= 11 is 0. The number of hydrogen-bond donors (Lipinski definition) is 2. The van der Waals surface area contributed by atoms with E-state index in [4.69, 9.17) is 4.74 Å². The Morgan fingerprint density at radius 3 is 2.57 bits per heavy atom. The summed E-state index contributed by atoms with van der Waals surface area (Å²) in [5, 5.41) is 21.6. The van der Waals surface area contributed by atoms with E-state index in [-0.39, 0.29) is 23.9 Å². The molecule has 3 fully saturated rings. The van der Waals surface area contributed by atoms with E-state index in [1.165, 1.54) is 12.5 Å². The number of esters is 1. The fourth-order valence-corrected chi connectivity index (χ4v) is 7.40. The third-order valence-electron chi connectivity index (χ3n) is 9.10. The molecule has 4 aliphatic rings.